The number of pyridine rings is 1. The van der Waals surface area contributed by atoms with E-state index in [1.165, 1.54) is 12.8 Å². The van der Waals surface area contributed by atoms with Crippen molar-refractivity contribution in [1.29, 1.82) is 0 Å². The van der Waals surface area contributed by atoms with Gasteiger partial charge in [0.2, 0.25) is 0 Å². The van der Waals surface area contributed by atoms with Crippen molar-refractivity contribution >= 4 is 17.8 Å². The van der Waals surface area contributed by atoms with E-state index in [0.29, 0.717) is 19.5 Å². The predicted octanol–water partition coefficient (Wildman–Crippen LogP) is 1.69. The molecular weight excluding hydrogens is 308 g/mol. The third-order valence-corrected chi connectivity index (χ3v) is 4.74. The first kappa shape index (κ1) is 16.5. The van der Waals surface area contributed by atoms with Gasteiger partial charge in [0.1, 0.15) is 5.82 Å². The molecule has 2 fully saturated rings. The van der Waals surface area contributed by atoms with Crippen LogP contribution in [0.15, 0.2) is 18.3 Å². The van der Waals surface area contributed by atoms with Crippen LogP contribution in [0.1, 0.15) is 31.2 Å². The number of aromatic nitrogens is 1. The second kappa shape index (κ2) is 7.51. The lowest BCUT2D eigenvalue weighted by atomic mass is 9.99. The molecule has 0 radical (unpaired) electrons. The minimum atomic E-state index is -0.822. The van der Waals surface area contributed by atoms with Crippen molar-refractivity contribution in [2.45, 2.75) is 32.2 Å². The largest absolute Gasteiger partial charge is 0.481 e. The number of carboxylic acid groups (broad SMARTS) is 1. The fraction of sp³-hybridized carbons (Fsp3) is 0.588. The number of carbonyl (C=O) groups is 2. The number of carboxylic acids is 1. The molecule has 2 aliphatic heterocycles. The molecule has 130 valence electrons. The van der Waals surface area contributed by atoms with E-state index in [0.717, 1.165) is 30.9 Å². The Labute approximate surface area is 141 Å². The molecule has 3 heterocycles. The minimum Gasteiger partial charge on any atom is -0.481 e. The number of aliphatic carboxylic acids is 1. The number of anilines is 1. The molecular formula is C17H24N4O3. The zero-order valence-electron chi connectivity index (χ0n) is 13.8. The number of nitrogens with one attached hydrogen (secondary N) is 1. The molecule has 0 bridgehead atoms. The number of amides is 2. The molecule has 1 aromatic heterocycles. The Morgan fingerprint density at radius 3 is 2.79 bits per heavy atom. The summed E-state index contributed by atoms with van der Waals surface area (Å²) in [5.41, 5.74) is 1.01. The Balaban J connectivity index is 1.54. The third kappa shape index (κ3) is 3.96. The number of carbonyl (C=O) groups excluding carboxylic acids is 1. The van der Waals surface area contributed by atoms with E-state index in [-0.39, 0.29) is 12.6 Å². The van der Waals surface area contributed by atoms with Crippen LogP contribution in [0.5, 0.6) is 0 Å². The fourth-order valence-corrected chi connectivity index (χ4v) is 3.34. The second-order valence-corrected chi connectivity index (χ2v) is 6.50. The van der Waals surface area contributed by atoms with Gasteiger partial charge in [0, 0.05) is 38.9 Å². The molecule has 0 aromatic carbocycles. The number of urea groups is 1. The molecule has 1 unspecified atom stereocenters. The average Bonchev–Trinajstić information content (AvgIpc) is 3.15. The Morgan fingerprint density at radius 1 is 1.25 bits per heavy atom. The highest BCUT2D eigenvalue weighted by Gasteiger charge is 2.27. The van der Waals surface area contributed by atoms with E-state index < -0.39 is 11.9 Å². The van der Waals surface area contributed by atoms with Gasteiger partial charge in [0.15, 0.2) is 0 Å². The lowest BCUT2D eigenvalue weighted by Gasteiger charge is -2.30. The lowest BCUT2D eigenvalue weighted by Crippen LogP contribution is -2.46. The molecule has 7 nitrogen and oxygen atoms in total. The molecule has 3 rings (SSSR count). The molecule has 0 aliphatic carbocycles. The van der Waals surface area contributed by atoms with Gasteiger partial charge in [-0.05, 0) is 43.4 Å². The highest BCUT2D eigenvalue weighted by atomic mass is 16.4. The summed E-state index contributed by atoms with van der Waals surface area (Å²) in [6.07, 6.45) is 5.54. The molecule has 2 amide bonds. The zero-order chi connectivity index (χ0) is 16.9. The highest BCUT2D eigenvalue weighted by Crippen LogP contribution is 2.19. The summed E-state index contributed by atoms with van der Waals surface area (Å²) in [5, 5.41) is 12.0. The first-order valence-corrected chi connectivity index (χ1v) is 8.59. The second-order valence-electron chi connectivity index (χ2n) is 6.50. The van der Waals surface area contributed by atoms with Gasteiger partial charge in [-0.3, -0.25) is 4.79 Å². The predicted molar refractivity (Wildman–Crippen MR) is 89.9 cm³/mol. The summed E-state index contributed by atoms with van der Waals surface area (Å²) in [6, 6.07) is 3.72. The Kier molecular flexibility index (Phi) is 5.17. The molecule has 0 spiro atoms. The van der Waals surface area contributed by atoms with E-state index in [9.17, 15) is 9.59 Å². The van der Waals surface area contributed by atoms with Crippen LogP contribution in [0.4, 0.5) is 10.6 Å². The van der Waals surface area contributed by atoms with Crippen LogP contribution in [-0.4, -0.2) is 53.2 Å². The van der Waals surface area contributed by atoms with Gasteiger partial charge >= 0.3 is 12.0 Å². The maximum atomic E-state index is 12.3. The SMILES string of the molecule is O=C(O)C1CCCN(C(=O)NCc2ccnc(N3CCCC3)c2)C1. The van der Waals surface area contributed by atoms with E-state index in [1.54, 1.807) is 11.1 Å². The van der Waals surface area contributed by atoms with Gasteiger partial charge < -0.3 is 20.2 Å². The van der Waals surface area contributed by atoms with Crippen LogP contribution in [-0.2, 0) is 11.3 Å². The molecule has 24 heavy (non-hydrogen) atoms. The summed E-state index contributed by atoms with van der Waals surface area (Å²) >= 11 is 0. The van der Waals surface area contributed by atoms with Crippen molar-refractivity contribution < 1.29 is 14.7 Å². The van der Waals surface area contributed by atoms with E-state index in [2.05, 4.69) is 15.2 Å². The zero-order valence-corrected chi connectivity index (χ0v) is 13.8. The standard InChI is InChI=1S/C17H24N4O3/c22-16(23)14-4-3-9-21(12-14)17(24)19-11-13-5-6-18-15(10-13)20-7-1-2-8-20/h5-6,10,14H,1-4,7-9,11-12H2,(H,19,24)(H,22,23). The molecule has 2 aliphatic rings. The van der Waals surface area contributed by atoms with Crippen LogP contribution in [0.2, 0.25) is 0 Å². The van der Waals surface area contributed by atoms with E-state index in [4.69, 9.17) is 5.11 Å². The van der Waals surface area contributed by atoms with Crippen LogP contribution in [0, 0.1) is 5.92 Å². The molecule has 7 heteroatoms. The van der Waals surface area contributed by atoms with Crippen molar-refractivity contribution in [3.63, 3.8) is 0 Å². The number of hydrogen-bond donors (Lipinski definition) is 2. The Hall–Kier alpha value is -2.31. The molecule has 0 saturated carbocycles. The summed E-state index contributed by atoms with van der Waals surface area (Å²) in [4.78, 5) is 31.6. The smallest absolute Gasteiger partial charge is 0.317 e. The number of nitrogens with zero attached hydrogens (tertiary/aromatic N) is 3. The topological polar surface area (TPSA) is 85.8 Å². The van der Waals surface area contributed by atoms with Gasteiger partial charge in [-0.25, -0.2) is 9.78 Å². The fourth-order valence-electron chi connectivity index (χ4n) is 3.34. The van der Waals surface area contributed by atoms with Crippen molar-refractivity contribution in [1.82, 2.24) is 15.2 Å². The maximum Gasteiger partial charge on any atom is 0.317 e. The van der Waals surface area contributed by atoms with Crippen molar-refractivity contribution in [2.75, 3.05) is 31.1 Å². The number of hydrogen-bond acceptors (Lipinski definition) is 4. The van der Waals surface area contributed by atoms with Crippen LogP contribution < -0.4 is 10.2 Å². The number of likely N-dealkylation sites (tertiary alicyclic amines) is 1. The maximum absolute atomic E-state index is 12.3. The molecule has 1 atom stereocenters. The number of rotatable bonds is 4. The van der Waals surface area contributed by atoms with Crippen LogP contribution in [0.25, 0.3) is 0 Å². The Bertz CT molecular complexity index is 601. The van der Waals surface area contributed by atoms with Crippen molar-refractivity contribution in [3.8, 4) is 0 Å². The summed E-state index contributed by atoms with van der Waals surface area (Å²) in [7, 11) is 0. The first-order valence-electron chi connectivity index (χ1n) is 8.59. The third-order valence-electron chi connectivity index (χ3n) is 4.74. The Morgan fingerprint density at radius 2 is 2.04 bits per heavy atom. The molecule has 1 aromatic rings. The first-order chi connectivity index (χ1) is 11.6. The normalized spacial score (nSPS) is 20.9. The monoisotopic (exact) mass is 332 g/mol. The average molecular weight is 332 g/mol. The van der Waals surface area contributed by atoms with Gasteiger partial charge in [-0.1, -0.05) is 0 Å². The lowest BCUT2D eigenvalue weighted by molar-refractivity contribution is -0.143. The molecule has 2 saturated heterocycles. The van der Waals surface area contributed by atoms with Crippen molar-refractivity contribution in [3.05, 3.63) is 23.9 Å². The van der Waals surface area contributed by atoms with Crippen molar-refractivity contribution in [2.24, 2.45) is 5.92 Å². The van der Waals surface area contributed by atoms with Gasteiger partial charge in [0.05, 0.1) is 5.92 Å². The van der Waals surface area contributed by atoms with E-state index >= 15 is 0 Å². The summed E-state index contributed by atoms with van der Waals surface area (Å²) in [5.74, 6) is -0.313. The van der Waals surface area contributed by atoms with Crippen LogP contribution in [0.3, 0.4) is 0 Å². The van der Waals surface area contributed by atoms with Gasteiger partial charge in [0.25, 0.3) is 0 Å². The van der Waals surface area contributed by atoms with Gasteiger partial charge in [-0.15, -0.1) is 0 Å². The van der Waals surface area contributed by atoms with Gasteiger partial charge in [-0.2, -0.15) is 0 Å². The molecule has 2 N–H and O–H groups in total. The highest BCUT2D eigenvalue weighted by molar-refractivity contribution is 5.76. The summed E-state index contributed by atoms with van der Waals surface area (Å²) < 4.78 is 0. The minimum absolute atomic E-state index is 0.194. The number of piperidine rings is 1. The summed E-state index contributed by atoms with van der Waals surface area (Å²) in [6.45, 7) is 3.40. The quantitative estimate of drug-likeness (QED) is 0.876. The van der Waals surface area contributed by atoms with E-state index in [1.807, 2.05) is 12.1 Å². The van der Waals surface area contributed by atoms with Crippen LogP contribution >= 0.6 is 0 Å².